The van der Waals surface area contributed by atoms with Gasteiger partial charge in [-0.1, -0.05) is 62.0 Å². The Morgan fingerprint density at radius 2 is 1.84 bits per heavy atom. The van der Waals surface area contributed by atoms with Gasteiger partial charge in [-0.25, -0.2) is 4.98 Å². The smallest absolute Gasteiger partial charge is 0.283 e. The lowest BCUT2D eigenvalue weighted by Crippen LogP contribution is -2.22. The van der Waals surface area contributed by atoms with Gasteiger partial charge in [0, 0.05) is 16.2 Å². The van der Waals surface area contributed by atoms with E-state index in [0.29, 0.717) is 10.8 Å². The Morgan fingerprint density at radius 1 is 1.12 bits per heavy atom. The molecule has 0 aliphatic carbocycles. The number of H-pyrrole nitrogens is 1. The lowest BCUT2D eigenvalue weighted by molar-refractivity contribution is 0.806. The van der Waals surface area contributed by atoms with Gasteiger partial charge >= 0.3 is 0 Å². The first-order valence-electron chi connectivity index (χ1n) is 8.44. The van der Waals surface area contributed by atoms with Crippen LogP contribution in [0.25, 0.3) is 27.6 Å². The van der Waals surface area contributed by atoms with Gasteiger partial charge in [0.1, 0.15) is 11.0 Å². The Labute approximate surface area is 149 Å². The maximum absolute atomic E-state index is 13.3. The maximum Gasteiger partial charge on any atom is 0.283 e. The first-order valence-corrected chi connectivity index (χ1v) is 9.32. The number of benzene rings is 2. The van der Waals surface area contributed by atoms with Crippen molar-refractivity contribution in [3.63, 3.8) is 0 Å². The van der Waals surface area contributed by atoms with E-state index in [2.05, 4.69) is 18.8 Å². The van der Waals surface area contributed by atoms with Crippen LogP contribution >= 0.6 is 11.8 Å². The Balaban J connectivity index is 2.07. The normalized spacial score (nSPS) is 12.7. The van der Waals surface area contributed by atoms with Crippen LogP contribution in [0.2, 0.25) is 0 Å². The van der Waals surface area contributed by atoms with Crippen LogP contribution in [0, 0.1) is 0 Å². The molecule has 4 nitrogen and oxygen atoms in total. The predicted octanol–water partition coefficient (Wildman–Crippen LogP) is 4.76. The van der Waals surface area contributed by atoms with Gasteiger partial charge < -0.3 is 4.98 Å². The first kappa shape index (κ1) is 16.0. The molecule has 4 aromatic rings. The van der Waals surface area contributed by atoms with Crippen LogP contribution in [-0.2, 0) is 0 Å². The van der Waals surface area contributed by atoms with Crippen LogP contribution < -0.4 is 5.56 Å². The second-order valence-electron chi connectivity index (χ2n) is 6.10. The SMILES string of the molecule is CCC(C)Sc1nc2c([nH]c3ccccc32)c(=O)n1-c1ccccc1. The standard InChI is InChI=1S/C20H19N3OS/c1-3-13(2)25-20-22-17-15-11-7-8-12-16(15)21-18(17)19(24)23(20)14-9-5-4-6-10-14/h4-13,21H,3H2,1-2H3. The number of nitrogens with zero attached hydrogens (tertiary/aromatic N) is 2. The van der Waals surface area contributed by atoms with Crippen molar-refractivity contribution in [2.24, 2.45) is 0 Å². The summed E-state index contributed by atoms with van der Waals surface area (Å²) >= 11 is 1.64. The predicted molar refractivity (Wildman–Crippen MR) is 105 cm³/mol. The largest absolute Gasteiger partial charge is 0.349 e. The molecule has 25 heavy (non-hydrogen) atoms. The summed E-state index contributed by atoms with van der Waals surface area (Å²) in [7, 11) is 0. The topological polar surface area (TPSA) is 50.7 Å². The summed E-state index contributed by atoms with van der Waals surface area (Å²) in [4.78, 5) is 21.4. The minimum Gasteiger partial charge on any atom is -0.349 e. The van der Waals surface area contributed by atoms with Crippen molar-refractivity contribution in [3.05, 3.63) is 65.0 Å². The monoisotopic (exact) mass is 349 g/mol. The molecular formula is C20H19N3OS. The fourth-order valence-electron chi connectivity index (χ4n) is 2.89. The molecule has 2 aromatic carbocycles. The van der Waals surface area contributed by atoms with Crippen molar-refractivity contribution >= 4 is 33.7 Å². The molecule has 2 aromatic heterocycles. The van der Waals surface area contributed by atoms with Crippen LogP contribution in [0.3, 0.4) is 0 Å². The molecule has 0 amide bonds. The molecule has 0 bridgehead atoms. The molecule has 1 atom stereocenters. The summed E-state index contributed by atoms with van der Waals surface area (Å²) in [5, 5.41) is 2.10. The van der Waals surface area contributed by atoms with Gasteiger partial charge in [0.15, 0.2) is 5.16 Å². The summed E-state index contributed by atoms with van der Waals surface area (Å²) in [5.74, 6) is 0. The van der Waals surface area contributed by atoms with Gasteiger partial charge in [0.05, 0.1) is 5.69 Å². The van der Waals surface area contributed by atoms with Crippen molar-refractivity contribution in [1.82, 2.24) is 14.5 Å². The average molecular weight is 349 g/mol. The van der Waals surface area contributed by atoms with Crippen molar-refractivity contribution in [3.8, 4) is 5.69 Å². The minimum absolute atomic E-state index is 0.0572. The molecule has 0 saturated heterocycles. The molecule has 5 heteroatoms. The number of thioether (sulfide) groups is 1. The number of hydrogen-bond acceptors (Lipinski definition) is 3. The molecule has 0 saturated carbocycles. The fourth-order valence-corrected chi connectivity index (χ4v) is 3.85. The zero-order valence-corrected chi connectivity index (χ0v) is 15.0. The van der Waals surface area contributed by atoms with E-state index in [9.17, 15) is 4.79 Å². The number of nitrogens with one attached hydrogen (secondary N) is 1. The van der Waals surface area contributed by atoms with Gasteiger partial charge in [-0.2, -0.15) is 0 Å². The highest BCUT2D eigenvalue weighted by atomic mass is 32.2. The molecular weight excluding hydrogens is 330 g/mol. The van der Waals surface area contributed by atoms with E-state index in [0.717, 1.165) is 33.7 Å². The van der Waals surface area contributed by atoms with Crippen LogP contribution in [0.5, 0.6) is 0 Å². The number of rotatable bonds is 4. The van der Waals surface area contributed by atoms with E-state index >= 15 is 0 Å². The zero-order valence-electron chi connectivity index (χ0n) is 14.2. The number of hydrogen-bond donors (Lipinski definition) is 1. The van der Waals surface area contributed by atoms with E-state index in [1.807, 2.05) is 54.6 Å². The second kappa shape index (κ2) is 6.41. The summed E-state index contributed by atoms with van der Waals surface area (Å²) in [5.41, 5.74) is 3.02. The fraction of sp³-hybridized carbons (Fsp3) is 0.200. The van der Waals surface area contributed by atoms with Crippen molar-refractivity contribution in [2.45, 2.75) is 30.7 Å². The highest BCUT2D eigenvalue weighted by Gasteiger charge is 2.18. The molecule has 126 valence electrons. The number of aromatic amines is 1. The highest BCUT2D eigenvalue weighted by Crippen LogP contribution is 2.29. The van der Waals surface area contributed by atoms with Gasteiger partial charge in [-0.15, -0.1) is 0 Å². The first-order chi connectivity index (χ1) is 12.2. The van der Waals surface area contributed by atoms with E-state index in [-0.39, 0.29) is 5.56 Å². The summed E-state index contributed by atoms with van der Waals surface area (Å²) in [6.07, 6.45) is 1.02. The molecule has 0 spiro atoms. The molecule has 0 aliphatic heterocycles. The summed E-state index contributed by atoms with van der Waals surface area (Å²) in [6.45, 7) is 4.30. The number of para-hydroxylation sites is 2. The second-order valence-corrected chi connectivity index (χ2v) is 7.51. The Bertz CT molecular complexity index is 1100. The Morgan fingerprint density at radius 3 is 2.60 bits per heavy atom. The molecule has 4 rings (SSSR count). The van der Waals surface area contributed by atoms with Gasteiger partial charge in [-0.3, -0.25) is 9.36 Å². The van der Waals surface area contributed by atoms with E-state index < -0.39 is 0 Å². The van der Waals surface area contributed by atoms with E-state index in [1.54, 1.807) is 16.3 Å². The maximum atomic E-state index is 13.3. The lowest BCUT2D eigenvalue weighted by atomic mass is 10.2. The van der Waals surface area contributed by atoms with Crippen LogP contribution in [0.1, 0.15) is 20.3 Å². The zero-order chi connectivity index (χ0) is 17.4. The Hall–Kier alpha value is -2.53. The quantitative estimate of drug-likeness (QED) is 0.427. The molecule has 0 fully saturated rings. The third-order valence-corrected chi connectivity index (χ3v) is 5.61. The number of aromatic nitrogens is 3. The Kier molecular flexibility index (Phi) is 4.09. The van der Waals surface area contributed by atoms with Gasteiger partial charge in [-0.05, 0) is 24.6 Å². The van der Waals surface area contributed by atoms with Crippen LogP contribution in [0.4, 0.5) is 0 Å². The summed E-state index contributed by atoms with van der Waals surface area (Å²) in [6, 6.07) is 17.6. The molecule has 0 aliphatic rings. The van der Waals surface area contributed by atoms with E-state index in [1.165, 1.54) is 0 Å². The van der Waals surface area contributed by atoms with Crippen molar-refractivity contribution < 1.29 is 0 Å². The molecule has 0 radical (unpaired) electrons. The lowest BCUT2D eigenvalue weighted by Gasteiger charge is -2.14. The number of fused-ring (bicyclic) bond motifs is 3. The molecule has 2 heterocycles. The van der Waals surface area contributed by atoms with Crippen molar-refractivity contribution in [2.75, 3.05) is 0 Å². The third kappa shape index (κ3) is 2.74. The van der Waals surface area contributed by atoms with Crippen LogP contribution in [-0.4, -0.2) is 19.8 Å². The van der Waals surface area contributed by atoms with E-state index in [4.69, 9.17) is 4.98 Å². The minimum atomic E-state index is -0.0572. The van der Waals surface area contributed by atoms with Gasteiger partial charge in [0.25, 0.3) is 5.56 Å². The van der Waals surface area contributed by atoms with Crippen LogP contribution in [0.15, 0.2) is 64.5 Å². The highest BCUT2D eigenvalue weighted by molar-refractivity contribution is 7.99. The van der Waals surface area contributed by atoms with Crippen molar-refractivity contribution in [1.29, 1.82) is 0 Å². The summed E-state index contributed by atoms with van der Waals surface area (Å²) < 4.78 is 1.72. The van der Waals surface area contributed by atoms with Gasteiger partial charge in [0.2, 0.25) is 0 Å². The molecule has 1 unspecified atom stereocenters. The third-order valence-electron chi connectivity index (χ3n) is 4.39. The average Bonchev–Trinajstić information content (AvgIpc) is 3.02. The molecule has 1 N–H and O–H groups in total.